The van der Waals surface area contributed by atoms with E-state index < -0.39 is 11.9 Å². The van der Waals surface area contributed by atoms with Crippen molar-refractivity contribution < 1.29 is 19.8 Å². The van der Waals surface area contributed by atoms with Crippen LogP contribution in [-0.2, 0) is 6.42 Å². The number of aromatic carboxylic acids is 1. The lowest BCUT2D eigenvalue weighted by Crippen LogP contribution is -2.17. The van der Waals surface area contributed by atoms with Gasteiger partial charge in [-0.15, -0.1) is 0 Å². The second-order valence-corrected chi connectivity index (χ2v) is 6.67. The van der Waals surface area contributed by atoms with Crippen LogP contribution >= 0.6 is 0 Å². The van der Waals surface area contributed by atoms with Crippen LogP contribution in [0.1, 0.15) is 37.4 Å². The van der Waals surface area contributed by atoms with Crippen LogP contribution in [0, 0.1) is 0 Å². The number of nitrogens with one attached hydrogen (secondary N) is 1. The quantitative estimate of drug-likeness (QED) is 0.452. The van der Waals surface area contributed by atoms with E-state index in [2.05, 4.69) is 24.0 Å². The highest BCUT2D eigenvalue weighted by Gasteiger charge is 2.21. The molecule has 1 aliphatic carbocycles. The molecule has 0 atom stereocenters. The molecule has 0 aliphatic heterocycles. The molecule has 138 valence electrons. The Morgan fingerprint density at radius 3 is 2.36 bits per heavy atom. The number of fused-ring (bicyclic) bond motifs is 3. The lowest BCUT2D eigenvalue weighted by atomic mass is 10.0. The lowest BCUT2D eigenvalue weighted by Gasteiger charge is -2.11. The first-order valence-electron chi connectivity index (χ1n) is 8.72. The van der Waals surface area contributed by atoms with Crippen LogP contribution in [0.5, 0.6) is 0 Å². The van der Waals surface area contributed by atoms with Gasteiger partial charge in [-0.05, 0) is 52.9 Å². The molecule has 0 bridgehead atoms. The van der Waals surface area contributed by atoms with Crippen molar-refractivity contribution in [3.63, 3.8) is 0 Å². The van der Waals surface area contributed by atoms with Gasteiger partial charge in [0.05, 0.1) is 11.1 Å². The highest BCUT2D eigenvalue weighted by atomic mass is 16.4. The summed E-state index contributed by atoms with van der Waals surface area (Å²) in [4.78, 5) is 24.2. The molecule has 28 heavy (non-hydrogen) atoms. The maximum Gasteiger partial charge on any atom is 0.336 e. The summed E-state index contributed by atoms with van der Waals surface area (Å²) in [6, 6.07) is 17.8. The first-order valence-corrected chi connectivity index (χ1v) is 8.72. The summed E-state index contributed by atoms with van der Waals surface area (Å²) in [5.41, 5.74) is 5.37. The number of hydrogen-bond acceptors (Lipinski definition) is 3. The van der Waals surface area contributed by atoms with Gasteiger partial charge >= 0.3 is 5.97 Å². The zero-order chi connectivity index (χ0) is 19.8. The zero-order valence-corrected chi connectivity index (χ0v) is 14.9. The minimum Gasteiger partial charge on any atom is -0.508 e. The van der Waals surface area contributed by atoms with Crippen molar-refractivity contribution in [1.29, 1.82) is 0 Å². The van der Waals surface area contributed by atoms with Crippen molar-refractivity contribution in [2.24, 2.45) is 0 Å². The van der Waals surface area contributed by atoms with Gasteiger partial charge < -0.3 is 15.5 Å². The number of rotatable bonds is 4. The highest BCUT2D eigenvalue weighted by molar-refractivity contribution is 6.11. The summed E-state index contributed by atoms with van der Waals surface area (Å²) in [6.07, 6.45) is 0.787. The minimum atomic E-state index is -1.22. The number of carbonyl (C=O) groups excluding carboxylic acids is 1. The van der Waals surface area contributed by atoms with Crippen LogP contribution in [0.2, 0.25) is 0 Å². The number of amides is 1. The second-order valence-electron chi connectivity index (χ2n) is 6.67. The summed E-state index contributed by atoms with van der Waals surface area (Å²) < 4.78 is 0. The van der Waals surface area contributed by atoms with Crippen LogP contribution in [-0.4, -0.2) is 22.1 Å². The number of aliphatic hydroxyl groups is 1. The normalized spacial score (nSPS) is 11.4. The third-order valence-electron chi connectivity index (χ3n) is 4.88. The molecule has 0 fully saturated rings. The Labute approximate surface area is 161 Å². The zero-order valence-electron chi connectivity index (χ0n) is 14.9. The average Bonchev–Trinajstić information content (AvgIpc) is 3.05. The molecule has 3 aromatic carbocycles. The summed E-state index contributed by atoms with van der Waals surface area (Å²) in [6.45, 7) is 3.42. The van der Waals surface area contributed by atoms with Gasteiger partial charge in [0.2, 0.25) is 0 Å². The lowest BCUT2D eigenvalue weighted by molar-refractivity contribution is 0.0692. The molecule has 0 spiro atoms. The van der Waals surface area contributed by atoms with E-state index in [1.807, 2.05) is 24.3 Å². The number of benzene rings is 3. The summed E-state index contributed by atoms with van der Waals surface area (Å²) >= 11 is 0. The molecule has 0 saturated carbocycles. The number of carboxylic acids is 1. The number of aliphatic hydroxyl groups excluding tert-OH is 1. The number of anilines is 1. The number of carboxylic acid groups (broad SMARTS) is 1. The van der Waals surface area contributed by atoms with Crippen molar-refractivity contribution in [1.82, 2.24) is 0 Å². The largest absolute Gasteiger partial charge is 0.508 e. The van der Waals surface area contributed by atoms with Gasteiger partial charge in [0.15, 0.2) is 0 Å². The van der Waals surface area contributed by atoms with E-state index in [0.29, 0.717) is 11.3 Å². The summed E-state index contributed by atoms with van der Waals surface area (Å²) in [7, 11) is 0. The predicted octanol–water partition coefficient (Wildman–Crippen LogP) is 4.74. The van der Waals surface area contributed by atoms with Gasteiger partial charge in [0.1, 0.15) is 5.76 Å². The second kappa shape index (κ2) is 6.70. The smallest absolute Gasteiger partial charge is 0.336 e. The fourth-order valence-corrected chi connectivity index (χ4v) is 3.52. The van der Waals surface area contributed by atoms with Crippen LogP contribution in [0.3, 0.4) is 0 Å². The van der Waals surface area contributed by atoms with Crippen molar-refractivity contribution in [3.05, 3.63) is 95.1 Å². The third-order valence-corrected chi connectivity index (χ3v) is 4.88. The molecule has 3 N–H and O–H groups in total. The van der Waals surface area contributed by atoms with Gasteiger partial charge in [-0.3, -0.25) is 4.79 Å². The third kappa shape index (κ3) is 3.03. The Bertz CT molecular complexity index is 1150. The maximum absolute atomic E-state index is 12.7. The monoisotopic (exact) mass is 371 g/mol. The van der Waals surface area contributed by atoms with E-state index in [-0.39, 0.29) is 16.9 Å². The van der Waals surface area contributed by atoms with E-state index in [9.17, 15) is 19.8 Å². The molecule has 0 unspecified atom stereocenters. The Morgan fingerprint density at radius 2 is 1.61 bits per heavy atom. The predicted molar refractivity (Wildman–Crippen MR) is 108 cm³/mol. The SMILES string of the molecule is C=C(O)c1ccc(C(=O)O)c(C(=O)Nc2ccc3c(c2)Cc2ccccc2-3)c1. The number of hydrogen-bond donors (Lipinski definition) is 3. The number of carbonyl (C=O) groups is 2. The molecule has 5 heteroatoms. The van der Waals surface area contributed by atoms with E-state index in [0.717, 1.165) is 17.5 Å². The van der Waals surface area contributed by atoms with E-state index in [1.54, 1.807) is 6.07 Å². The van der Waals surface area contributed by atoms with Crippen LogP contribution in [0.4, 0.5) is 5.69 Å². The molecule has 4 rings (SSSR count). The summed E-state index contributed by atoms with van der Waals surface area (Å²) in [5.74, 6) is -2.01. The molecule has 3 aromatic rings. The van der Waals surface area contributed by atoms with Crippen LogP contribution < -0.4 is 5.32 Å². The molecule has 0 heterocycles. The van der Waals surface area contributed by atoms with Crippen molar-refractivity contribution in [3.8, 4) is 11.1 Å². The van der Waals surface area contributed by atoms with Gasteiger partial charge in [-0.25, -0.2) is 4.79 Å². The topological polar surface area (TPSA) is 86.6 Å². The Kier molecular flexibility index (Phi) is 4.20. The van der Waals surface area contributed by atoms with Gasteiger partial charge in [0.25, 0.3) is 5.91 Å². The Morgan fingerprint density at radius 1 is 0.857 bits per heavy atom. The Balaban J connectivity index is 1.65. The molecule has 1 amide bonds. The standard InChI is InChI=1S/C23H17NO4/c1-13(25)14-6-8-20(23(27)28)21(12-14)22(26)24-17-7-9-19-16(11-17)10-15-4-2-3-5-18(15)19/h2-9,11-12,25H,1,10H2,(H,24,26)(H,27,28). The van der Waals surface area contributed by atoms with Gasteiger partial charge in [0, 0.05) is 11.3 Å². The fourth-order valence-electron chi connectivity index (χ4n) is 3.52. The van der Waals surface area contributed by atoms with Gasteiger partial charge in [-0.2, -0.15) is 0 Å². The highest BCUT2D eigenvalue weighted by Crippen LogP contribution is 2.37. The molecule has 5 nitrogen and oxygen atoms in total. The van der Waals surface area contributed by atoms with Crippen LogP contribution in [0.25, 0.3) is 16.9 Å². The minimum absolute atomic E-state index is 0.0380. The first kappa shape index (κ1) is 17.5. The average molecular weight is 371 g/mol. The van der Waals surface area contributed by atoms with E-state index >= 15 is 0 Å². The maximum atomic E-state index is 12.7. The Hall–Kier alpha value is -3.86. The van der Waals surface area contributed by atoms with E-state index in [1.165, 1.54) is 29.3 Å². The molecular formula is C23H17NO4. The van der Waals surface area contributed by atoms with Crippen LogP contribution in [0.15, 0.2) is 67.2 Å². The fraction of sp³-hybridized carbons (Fsp3) is 0.0435. The van der Waals surface area contributed by atoms with Crippen molar-refractivity contribution >= 4 is 23.3 Å². The summed E-state index contributed by atoms with van der Waals surface area (Å²) in [5, 5.41) is 21.7. The first-order chi connectivity index (χ1) is 13.4. The molecule has 0 aromatic heterocycles. The van der Waals surface area contributed by atoms with Gasteiger partial charge in [-0.1, -0.05) is 43.0 Å². The van der Waals surface area contributed by atoms with Crippen molar-refractivity contribution in [2.45, 2.75) is 6.42 Å². The molecular weight excluding hydrogens is 354 g/mol. The van der Waals surface area contributed by atoms with E-state index in [4.69, 9.17) is 0 Å². The molecule has 0 radical (unpaired) electrons. The molecule has 1 aliphatic rings. The van der Waals surface area contributed by atoms with Crippen molar-refractivity contribution in [2.75, 3.05) is 5.32 Å². The molecule has 0 saturated heterocycles.